The number of nitrogens with one attached hydrogen (secondary N) is 4. The first-order valence-corrected chi connectivity index (χ1v) is 15.9. The zero-order valence-electron chi connectivity index (χ0n) is 25.7. The van der Waals surface area contributed by atoms with Crippen LogP contribution in [0.15, 0.2) is 65.5 Å². The van der Waals surface area contributed by atoms with Gasteiger partial charge < -0.3 is 26.0 Å². The maximum Gasteiger partial charge on any atom is 0.271 e. The molecule has 2 bridgehead atoms. The van der Waals surface area contributed by atoms with Crippen molar-refractivity contribution >= 4 is 35.0 Å². The van der Waals surface area contributed by atoms with E-state index in [2.05, 4.69) is 36.3 Å². The molecule has 0 spiro atoms. The molecule has 2 aromatic carbocycles. The van der Waals surface area contributed by atoms with Gasteiger partial charge in [-0.15, -0.1) is 11.3 Å². The van der Waals surface area contributed by atoms with E-state index in [-0.39, 0.29) is 43.6 Å². The third-order valence-electron chi connectivity index (χ3n) is 7.36. The van der Waals surface area contributed by atoms with Gasteiger partial charge in [0, 0.05) is 17.4 Å². The summed E-state index contributed by atoms with van der Waals surface area (Å²) in [6.45, 7) is 5.72. The number of rotatable bonds is 4. The summed E-state index contributed by atoms with van der Waals surface area (Å²) in [6, 6.07) is 13.8. The minimum absolute atomic E-state index is 0.130. The van der Waals surface area contributed by atoms with Crippen LogP contribution in [0, 0.1) is 5.92 Å². The Kier molecular flexibility index (Phi) is 10.4. The smallest absolute Gasteiger partial charge is 0.271 e. The Bertz CT molecular complexity index is 1660. The largest absolute Gasteiger partial charge is 0.492 e. The highest BCUT2D eigenvalue weighted by Crippen LogP contribution is 2.20. The Labute approximate surface area is 270 Å². The van der Waals surface area contributed by atoms with Crippen molar-refractivity contribution in [2.45, 2.75) is 51.9 Å². The van der Waals surface area contributed by atoms with E-state index in [4.69, 9.17) is 4.74 Å². The summed E-state index contributed by atoms with van der Waals surface area (Å²) in [6.07, 6.45) is 0.159. The summed E-state index contributed by atoms with van der Waals surface area (Å²) >= 11 is 1.27. The van der Waals surface area contributed by atoms with Gasteiger partial charge in [-0.1, -0.05) is 56.3 Å². The predicted molar refractivity (Wildman–Crippen MR) is 171 cm³/mol. The topological polar surface area (TPSA) is 169 Å². The molecule has 0 saturated heterocycles. The van der Waals surface area contributed by atoms with Crippen LogP contribution in [0.4, 0.5) is 0 Å². The average molecular weight is 645 g/mol. The Balaban J connectivity index is 1.45. The van der Waals surface area contributed by atoms with Crippen molar-refractivity contribution in [2.75, 3.05) is 13.2 Å². The number of hydrogen-bond donors (Lipinski definition) is 4. The number of nitrogens with zero attached hydrogens (tertiary/aromatic N) is 4. The van der Waals surface area contributed by atoms with Crippen LogP contribution < -0.4 is 26.0 Å². The third-order valence-corrected chi connectivity index (χ3v) is 7.95. The Morgan fingerprint density at radius 2 is 1.80 bits per heavy atom. The molecule has 0 saturated carbocycles. The molecule has 13 nitrogen and oxygen atoms in total. The van der Waals surface area contributed by atoms with Gasteiger partial charge >= 0.3 is 0 Å². The van der Waals surface area contributed by atoms with E-state index >= 15 is 0 Å². The van der Waals surface area contributed by atoms with Crippen molar-refractivity contribution in [3.05, 3.63) is 82.6 Å². The number of carbonyl (C=O) groups is 4. The van der Waals surface area contributed by atoms with E-state index < -0.39 is 35.8 Å². The van der Waals surface area contributed by atoms with E-state index in [1.54, 1.807) is 36.6 Å². The number of amides is 4. The Morgan fingerprint density at radius 3 is 2.50 bits per heavy atom. The first kappa shape index (κ1) is 32.3. The molecular formula is C32H36N8O5S. The fourth-order valence-electron chi connectivity index (χ4n) is 4.93. The molecule has 2 aliphatic rings. The summed E-state index contributed by atoms with van der Waals surface area (Å²) in [5, 5.41) is 17.6. The number of benzene rings is 2. The molecule has 14 heteroatoms. The van der Waals surface area contributed by atoms with Gasteiger partial charge in [-0.2, -0.15) is 5.10 Å². The highest BCUT2D eigenvalue weighted by Gasteiger charge is 2.31. The van der Waals surface area contributed by atoms with Crippen LogP contribution in [0.1, 0.15) is 48.7 Å². The molecule has 4 N–H and O–H groups in total. The summed E-state index contributed by atoms with van der Waals surface area (Å²) in [7, 11) is 0. The second-order valence-electron chi connectivity index (χ2n) is 11.2. The van der Waals surface area contributed by atoms with Crippen LogP contribution in [0.3, 0.4) is 0 Å². The van der Waals surface area contributed by atoms with E-state index in [0.29, 0.717) is 17.4 Å². The van der Waals surface area contributed by atoms with Crippen LogP contribution in [0.5, 0.6) is 5.75 Å². The third kappa shape index (κ3) is 8.13. The molecule has 2 aliphatic heterocycles. The standard InChI is InChI=1S/C32H36N8O5S/c1-19(2)27-32(44)35-20(3)29-38-28(22-7-5-4-6-8-22)39-40(29)16-26(41)33-13-14-45-23-11-9-21(10-12-23)15-24(30(42)37-27)36-31(43)25-17-46-18-34-25/h4-12,17-20,24,27H,13-16H2,1-3H3,(H,33,41)(H,35,44)(H,36,43)(H,37,42)/t20-,24-,27+/m0/s1. The van der Waals surface area contributed by atoms with Gasteiger partial charge in [0.1, 0.15) is 42.5 Å². The highest BCUT2D eigenvalue weighted by molar-refractivity contribution is 7.07. The second kappa shape index (κ2) is 14.8. The number of ether oxygens (including phenoxy) is 1. The molecule has 4 amide bonds. The SMILES string of the molecule is CC(C)[C@H]1NC(=O)[C@@H](NC(=O)c2cscn2)Cc2ccc(cc2)OCCNC(=O)Cn2nc(-c3ccccc3)nc2[C@H](C)NC1=O. The number of aromatic nitrogens is 4. The summed E-state index contributed by atoms with van der Waals surface area (Å²) in [5.41, 5.74) is 3.26. The summed E-state index contributed by atoms with van der Waals surface area (Å²) < 4.78 is 7.26. The molecular weight excluding hydrogens is 608 g/mol. The van der Waals surface area contributed by atoms with Gasteiger partial charge in [0.05, 0.1) is 18.1 Å². The van der Waals surface area contributed by atoms with Crippen molar-refractivity contribution in [1.29, 1.82) is 0 Å². The average Bonchev–Trinajstić information content (AvgIpc) is 3.73. The second-order valence-corrected chi connectivity index (χ2v) is 11.9. The van der Waals surface area contributed by atoms with Crippen molar-refractivity contribution in [2.24, 2.45) is 5.92 Å². The van der Waals surface area contributed by atoms with Gasteiger partial charge in [-0.25, -0.2) is 14.6 Å². The maximum absolute atomic E-state index is 13.7. The lowest BCUT2D eigenvalue weighted by atomic mass is 10.0. The first-order chi connectivity index (χ1) is 22.2. The molecule has 6 rings (SSSR count). The molecule has 0 aliphatic carbocycles. The van der Waals surface area contributed by atoms with Crippen LogP contribution in [-0.2, 0) is 27.3 Å². The van der Waals surface area contributed by atoms with Crippen LogP contribution in [0.25, 0.3) is 11.4 Å². The van der Waals surface area contributed by atoms with Gasteiger partial charge in [-0.3, -0.25) is 19.2 Å². The molecule has 4 aromatic rings. The number of thiazole rings is 1. The number of fused-ring (bicyclic) bond motifs is 14. The van der Waals surface area contributed by atoms with Crippen LogP contribution >= 0.6 is 11.3 Å². The van der Waals surface area contributed by atoms with Crippen molar-refractivity contribution in [1.82, 2.24) is 41.0 Å². The molecule has 0 fully saturated rings. The van der Waals surface area contributed by atoms with Crippen molar-refractivity contribution < 1.29 is 23.9 Å². The molecule has 240 valence electrons. The van der Waals surface area contributed by atoms with Gasteiger partial charge in [0.25, 0.3) is 5.91 Å². The highest BCUT2D eigenvalue weighted by atomic mass is 32.1. The monoisotopic (exact) mass is 644 g/mol. The quantitative estimate of drug-likeness (QED) is 0.262. The maximum atomic E-state index is 13.7. The summed E-state index contributed by atoms with van der Waals surface area (Å²) in [4.78, 5) is 62.0. The van der Waals surface area contributed by atoms with Gasteiger partial charge in [0.15, 0.2) is 5.82 Å². The van der Waals surface area contributed by atoms with E-state index in [0.717, 1.165) is 11.1 Å². The normalized spacial score (nSPS) is 19.7. The van der Waals surface area contributed by atoms with E-state index in [9.17, 15) is 19.2 Å². The van der Waals surface area contributed by atoms with E-state index in [1.807, 2.05) is 44.2 Å². The molecule has 0 unspecified atom stereocenters. The lowest BCUT2D eigenvalue weighted by Crippen LogP contribution is -2.56. The fourth-order valence-corrected chi connectivity index (χ4v) is 5.46. The summed E-state index contributed by atoms with van der Waals surface area (Å²) in [5.74, 6) is -0.708. The van der Waals surface area contributed by atoms with Crippen molar-refractivity contribution in [3.63, 3.8) is 0 Å². The molecule has 0 radical (unpaired) electrons. The minimum Gasteiger partial charge on any atom is -0.492 e. The molecule has 2 aromatic heterocycles. The minimum atomic E-state index is -0.996. The lowest BCUT2D eigenvalue weighted by molar-refractivity contribution is -0.131. The van der Waals surface area contributed by atoms with Gasteiger partial charge in [-0.05, 0) is 30.5 Å². The zero-order valence-corrected chi connectivity index (χ0v) is 26.5. The van der Waals surface area contributed by atoms with E-state index in [1.165, 1.54) is 21.5 Å². The Morgan fingerprint density at radius 1 is 1.04 bits per heavy atom. The zero-order chi connectivity index (χ0) is 32.6. The molecule has 46 heavy (non-hydrogen) atoms. The first-order valence-electron chi connectivity index (χ1n) is 15.0. The van der Waals surface area contributed by atoms with Crippen LogP contribution in [-0.4, -0.2) is 68.6 Å². The van der Waals surface area contributed by atoms with Crippen molar-refractivity contribution in [3.8, 4) is 17.1 Å². The lowest BCUT2D eigenvalue weighted by Gasteiger charge is -2.26. The Hall–Kier alpha value is -5.11. The van der Waals surface area contributed by atoms with Crippen LogP contribution in [0.2, 0.25) is 0 Å². The predicted octanol–water partition coefficient (Wildman–Crippen LogP) is 2.27. The molecule has 3 atom stereocenters. The van der Waals surface area contributed by atoms with Gasteiger partial charge in [0.2, 0.25) is 17.7 Å². The number of hydrogen-bond acceptors (Lipinski definition) is 9. The molecule has 4 heterocycles. The number of carbonyl (C=O) groups excluding carboxylic acids is 4. The fraction of sp³-hybridized carbons (Fsp3) is 0.344.